The van der Waals surface area contributed by atoms with Crippen LogP contribution in [-0.4, -0.2) is 31.5 Å². The molecule has 0 aliphatic carbocycles. The lowest BCUT2D eigenvalue weighted by molar-refractivity contribution is 0.411. The zero-order chi connectivity index (χ0) is 22.0. The molecule has 0 aliphatic heterocycles. The zero-order valence-corrected chi connectivity index (χ0v) is 19.0. The van der Waals surface area contributed by atoms with Crippen LogP contribution in [0.15, 0.2) is 72.0 Å². The second kappa shape index (κ2) is 9.56. The Balaban J connectivity index is 0.00000289. The predicted molar refractivity (Wildman–Crippen MR) is 125 cm³/mol. The third-order valence-electron chi connectivity index (χ3n) is 4.87. The quantitative estimate of drug-likeness (QED) is 0.413. The number of anilines is 2. The Hall–Kier alpha value is -3.14. The fourth-order valence-electron chi connectivity index (χ4n) is 3.37. The molecule has 10 heteroatoms. The second-order valence-electron chi connectivity index (χ2n) is 6.88. The first kappa shape index (κ1) is 23.5. The third kappa shape index (κ3) is 4.40. The largest absolute Gasteiger partial charge is 0.497 e. The van der Waals surface area contributed by atoms with Crippen molar-refractivity contribution in [1.29, 1.82) is 0 Å². The maximum Gasteiger partial charge on any atom is 0.269 e. The second-order valence-corrected chi connectivity index (χ2v) is 8.69. The Morgan fingerprint density at radius 1 is 1.16 bits per heavy atom. The number of aromatic nitrogens is 2. The van der Waals surface area contributed by atoms with Gasteiger partial charge in [0.1, 0.15) is 16.5 Å². The minimum atomic E-state index is -3.86. The Labute approximate surface area is 191 Å². The van der Waals surface area contributed by atoms with Crippen LogP contribution in [0, 0.1) is 5.82 Å². The summed E-state index contributed by atoms with van der Waals surface area (Å²) in [7, 11) is -0.601. The van der Waals surface area contributed by atoms with Crippen LogP contribution in [0.4, 0.5) is 15.8 Å². The van der Waals surface area contributed by atoms with Crippen molar-refractivity contribution in [3.63, 3.8) is 0 Å². The molecule has 0 fully saturated rings. The molecule has 0 atom stereocenters. The normalized spacial score (nSPS) is 11.2. The topological polar surface area (TPSA) is 85.2 Å². The van der Waals surface area contributed by atoms with Crippen LogP contribution in [0.3, 0.4) is 0 Å². The van der Waals surface area contributed by atoms with Gasteiger partial charge in [-0.05, 0) is 49.0 Å². The van der Waals surface area contributed by atoms with Crippen molar-refractivity contribution in [3.8, 4) is 5.75 Å². The molecule has 0 saturated heterocycles. The van der Waals surface area contributed by atoms with Gasteiger partial charge in [0.05, 0.1) is 18.3 Å². The van der Waals surface area contributed by atoms with Gasteiger partial charge in [0.2, 0.25) is 0 Å². The highest BCUT2D eigenvalue weighted by Gasteiger charge is 2.21. The monoisotopic (exact) mass is 476 g/mol. The highest BCUT2D eigenvalue weighted by Crippen LogP contribution is 2.30. The molecule has 0 bridgehead atoms. The average molecular weight is 477 g/mol. The van der Waals surface area contributed by atoms with E-state index in [4.69, 9.17) is 4.74 Å². The summed E-state index contributed by atoms with van der Waals surface area (Å²) >= 11 is 0. The van der Waals surface area contributed by atoms with Gasteiger partial charge in [0.15, 0.2) is 0 Å². The number of benzene rings is 2. The van der Waals surface area contributed by atoms with E-state index in [1.807, 2.05) is 6.07 Å². The summed E-state index contributed by atoms with van der Waals surface area (Å²) < 4.78 is 47.2. The van der Waals surface area contributed by atoms with E-state index in [-0.39, 0.29) is 23.0 Å². The van der Waals surface area contributed by atoms with Crippen LogP contribution in [0.2, 0.25) is 0 Å². The van der Waals surface area contributed by atoms with Crippen LogP contribution in [0.1, 0.15) is 5.56 Å². The highest BCUT2D eigenvalue weighted by atomic mass is 35.5. The zero-order valence-electron chi connectivity index (χ0n) is 17.4. The summed E-state index contributed by atoms with van der Waals surface area (Å²) in [5.41, 5.74) is 2.11. The SMILES string of the molecule is CNCc1cn(S(=O)(=O)c2cccnc2)c2cc(Nc3ccc(OC)cc3F)ccc12.Cl. The van der Waals surface area contributed by atoms with Gasteiger partial charge in [-0.15, -0.1) is 12.4 Å². The molecule has 0 saturated carbocycles. The summed E-state index contributed by atoms with van der Waals surface area (Å²) in [4.78, 5) is 4.01. The number of methoxy groups -OCH3 is 1. The number of fused-ring (bicyclic) bond motifs is 1. The van der Waals surface area contributed by atoms with Crippen molar-refractivity contribution < 1.29 is 17.5 Å². The van der Waals surface area contributed by atoms with Crippen molar-refractivity contribution in [2.24, 2.45) is 0 Å². The lowest BCUT2D eigenvalue weighted by Crippen LogP contribution is -2.12. The third-order valence-corrected chi connectivity index (χ3v) is 6.53. The van der Waals surface area contributed by atoms with Gasteiger partial charge in [-0.25, -0.2) is 16.8 Å². The molecule has 0 radical (unpaired) electrons. The van der Waals surface area contributed by atoms with Crippen molar-refractivity contribution >= 4 is 44.7 Å². The number of hydrogen-bond acceptors (Lipinski definition) is 6. The molecule has 2 heterocycles. The molecule has 2 aromatic carbocycles. The first-order chi connectivity index (χ1) is 14.9. The van der Waals surface area contributed by atoms with E-state index in [0.29, 0.717) is 23.5 Å². The predicted octanol–water partition coefficient (Wildman–Crippen LogP) is 4.31. The molecule has 2 N–H and O–H groups in total. The Morgan fingerprint density at radius 2 is 1.97 bits per heavy atom. The Bertz CT molecular complexity index is 1340. The van der Waals surface area contributed by atoms with Crippen LogP contribution < -0.4 is 15.4 Å². The van der Waals surface area contributed by atoms with Crippen molar-refractivity contribution in [1.82, 2.24) is 14.3 Å². The molecule has 2 aromatic heterocycles. The number of ether oxygens (including phenoxy) is 1. The van der Waals surface area contributed by atoms with E-state index in [1.54, 1.807) is 43.6 Å². The molecule has 32 heavy (non-hydrogen) atoms. The van der Waals surface area contributed by atoms with Gasteiger partial charge < -0.3 is 15.4 Å². The summed E-state index contributed by atoms with van der Waals surface area (Å²) in [6, 6.07) is 12.9. The maximum absolute atomic E-state index is 14.4. The first-order valence-electron chi connectivity index (χ1n) is 9.49. The number of nitrogens with zero attached hydrogens (tertiary/aromatic N) is 2. The minimum absolute atomic E-state index is 0. The summed E-state index contributed by atoms with van der Waals surface area (Å²) in [5.74, 6) is -0.0691. The summed E-state index contributed by atoms with van der Waals surface area (Å²) in [6.45, 7) is 0.492. The molecule has 4 aromatic rings. The molecule has 0 amide bonds. The van der Waals surface area contributed by atoms with E-state index in [9.17, 15) is 12.8 Å². The number of pyridine rings is 1. The van der Waals surface area contributed by atoms with Crippen LogP contribution in [-0.2, 0) is 16.6 Å². The van der Waals surface area contributed by atoms with Gasteiger partial charge in [0, 0.05) is 42.3 Å². The Morgan fingerprint density at radius 3 is 2.62 bits per heavy atom. The molecule has 168 valence electrons. The number of hydrogen-bond donors (Lipinski definition) is 2. The minimum Gasteiger partial charge on any atom is -0.497 e. The molecule has 4 rings (SSSR count). The summed E-state index contributed by atoms with van der Waals surface area (Å²) in [6.07, 6.45) is 4.43. The van der Waals surface area contributed by atoms with Gasteiger partial charge in [-0.1, -0.05) is 6.07 Å². The van der Waals surface area contributed by atoms with Gasteiger partial charge >= 0.3 is 0 Å². The van der Waals surface area contributed by atoms with Crippen LogP contribution >= 0.6 is 12.4 Å². The number of rotatable bonds is 7. The van der Waals surface area contributed by atoms with E-state index < -0.39 is 15.8 Å². The lowest BCUT2D eigenvalue weighted by Gasteiger charge is -2.11. The van der Waals surface area contributed by atoms with Gasteiger partial charge in [-0.2, -0.15) is 0 Å². The molecular formula is C22H22ClFN4O3S. The van der Waals surface area contributed by atoms with Crippen molar-refractivity contribution in [2.75, 3.05) is 19.5 Å². The fourth-order valence-corrected chi connectivity index (χ4v) is 4.71. The van der Waals surface area contributed by atoms with E-state index in [1.165, 1.54) is 35.6 Å². The van der Waals surface area contributed by atoms with Crippen molar-refractivity contribution in [3.05, 3.63) is 78.5 Å². The summed E-state index contributed by atoms with van der Waals surface area (Å²) in [5, 5.41) is 6.84. The standard InChI is InChI=1S/C22H21FN4O3S.ClH/c1-24-12-15-14-27(31(28,29)18-4-3-9-25-13-18)22-10-16(5-7-19(15)22)26-21-8-6-17(30-2)11-20(21)23;/h3-11,13-14,24,26H,12H2,1-2H3;1H. The van der Waals surface area contributed by atoms with Crippen LogP contribution in [0.25, 0.3) is 10.9 Å². The smallest absolute Gasteiger partial charge is 0.269 e. The van der Waals surface area contributed by atoms with Crippen LogP contribution in [0.5, 0.6) is 5.75 Å². The molecule has 0 spiro atoms. The highest BCUT2D eigenvalue weighted by molar-refractivity contribution is 7.90. The lowest BCUT2D eigenvalue weighted by atomic mass is 10.1. The maximum atomic E-state index is 14.4. The van der Waals surface area contributed by atoms with E-state index in [2.05, 4.69) is 15.6 Å². The van der Waals surface area contributed by atoms with Gasteiger partial charge in [-0.3, -0.25) is 4.98 Å². The number of halogens is 2. The van der Waals surface area contributed by atoms with Crippen molar-refractivity contribution in [2.45, 2.75) is 11.4 Å². The van der Waals surface area contributed by atoms with E-state index in [0.717, 1.165) is 10.9 Å². The molecular weight excluding hydrogens is 455 g/mol. The molecule has 0 unspecified atom stereocenters. The van der Waals surface area contributed by atoms with E-state index >= 15 is 0 Å². The number of nitrogens with one attached hydrogen (secondary N) is 2. The van der Waals surface area contributed by atoms with Gasteiger partial charge in [0.25, 0.3) is 10.0 Å². The average Bonchev–Trinajstić information content (AvgIpc) is 3.14. The fraction of sp³-hybridized carbons (Fsp3) is 0.136. The Kier molecular flexibility index (Phi) is 7.02. The molecule has 7 nitrogen and oxygen atoms in total. The first-order valence-corrected chi connectivity index (χ1v) is 10.9. The molecule has 0 aliphatic rings.